The molecule has 0 saturated heterocycles. The molecule has 1 aromatic carbocycles. The lowest BCUT2D eigenvalue weighted by molar-refractivity contribution is 0.0960. The minimum Gasteiger partial charge on any atom is -0.339 e. The van der Waals surface area contributed by atoms with Crippen LogP contribution in [0.4, 0.5) is 0 Å². The summed E-state index contributed by atoms with van der Waals surface area (Å²) in [6, 6.07) is 6.18. The van der Waals surface area contributed by atoms with Crippen LogP contribution in [0.15, 0.2) is 29.0 Å². The first-order valence-electron chi connectivity index (χ1n) is 7.92. The van der Waals surface area contributed by atoms with Crippen LogP contribution in [0, 0.1) is 6.92 Å². The van der Waals surface area contributed by atoms with Gasteiger partial charge in [-0.15, -0.1) is 10.2 Å². The van der Waals surface area contributed by atoms with Crippen LogP contribution >= 0.6 is 0 Å². The second-order valence-electron chi connectivity index (χ2n) is 6.18. The van der Waals surface area contributed by atoms with Gasteiger partial charge in [-0.2, -0.15) is 4.98 Å². The lowest BCUT2D eigenvalue weighted by atomic mass is 9.94. The van der Waals surface area contributed by atoms with E-state index >= 15 is 0 Å². The maximum absolute atomic E-state index is 12.4. The number of Topliss-reactive ketones (excluding diaryl/α,β-unsaturated/α-hetero) is 1. The van der Waals surface area contributed by atoms with Crippen LogP contribution in [0.2, 0.25) is 0 Å². The topological polar surface area (TPSA) is 86.7 Å². The average molecular weight is 323 g/mol. The number of hydrogen-bond acceptors (Lipinski definition) is 6. The molecule has 7 nitrogen and oxygen atoms in total. The molecule has 122 valence electrons. The normalized spacial score (nSPS) is 16.3. The van der Waals surface area contributed by atoms with Crippen molar-refractivity contribution in [2.24, 2.45) is 7.05 Å². The monoisotopic (exact) mass is 323 g/mol. The van der Waals surface area contributed by atoms with Crippen LogP contribution in [-0.2, 0) is 13.5 Å². The summed E-state index contributed by atoms with van der Waals surface area (Å²) in [6.45, 7) is 1.78. The molecule has 0 radical (unpaired) electrons. The zero-order valence-corrected chi connectivity index (χ0v) is 13.6. The van der Waals surface area contributed by atoms with E-state index in [1.807, 2.05) is 6.07 Å². The molecule has 0 spiro atoms. The Labute approximate surface area is 138 Å². The third-order valence-corrected chi connectivity index (χ3v) is 4.52. The van der Waals surface area contributed by atoms with Crippen LogP contribution in [0.1, 0.15) is 46.4 Å². The minimum atomic E-state index is 0.0331. The molecule has 4 rings (SSSR count). The molecule has 0 bridgehead atoms. The molecule has 1 aliphatic rings. The summed E-state index contributed by atoms with van der Waals surface area (Å²) >= 11 is 0. The summed E-state index contributed by atoms with van der Waals surface area (Å²) in [4.78, 5) is 16.7. The Hall–Kier alpha value is -2.83. The van der Waals surface area contributed by atoms with E-state index in [2.05, 4.69) is 32.5 Å². The van der Waals surface area contributed by atoms with Gasteiger partial charge in [0.05, 0.1) is 0 Å². The molecule has 24 heavy (non-hydrogen) atoms. The summed E-state index contributed by atoms with van der Waals surface area (Å²) in [7, 11) is 1.79. The molecular formula is C17H17N5O2. The van der Waals surface area contributed by atoms with Crippen LogP contribution in [0.5, 0.6) is 0 Å². The van der Waals surface area contributed by atoms with Crippen molar-refractivity contribution in [3.8, 4) is 11.4 Å². The van der Waals surface area contributed by atoms with Gasteiger partial charge in [0, 0.05) is 26.0 Å². The highest BCUT2D eigenvalue weighted by Gasteiger charge is 2.27. The first kappa shape index (κ1) is 14.7. The Kier molecular flexibility index (Phi) is 3.48. The van der Waals surface area contributed by atoms with Crippen molar-refractivity contribution in [3.05, 3.63) is 47.4 Å². The number of carbonyl (C=O) groups is 1. The molecule has 3 aromatic rings. The molecular weight excluding hydrogens is 306 g/mol. The molecule has 2 aromatic heterocycles. The smallest absolute Gasteiger partial charge is 0.223 e. The fourth-order valence-corrected chi connectivity index (χ4v) is 3.32. The molecule has 0 unspecified atom stereocenters. The number of ketones is 1. The molecule has 0 aliphatic heterocycles. The lowest BCUT2D eigenvalue weighted by Gasteiger charge is -2.10. The van der Waals surface area contributed by atoms with Crippen molar-refractivity contribution >= 4 is 5.78 Å². The Morgan fingerprint density at radius 2 is 2.29 bits per heavy atom. The number of rotatable bonds is 4. The number of nitrogens with zero attached hydrogens (tertiary/aromatic N) is 5. The zero-order chi connectivity index (χ0) is 16.7. The van der Waals surface area contributed by atoms with E-state index in [1.54, 1.807) is 24.9 Å². The molecule has 7 heteroatoms. The van der Waals surface area contributed by atoms with Gasteiger partial charge in [-0.1, -0.05) is 17.3 Å². The molecule has 1 atom stereocenters. The third-order valence-electron chi connectivity index (χ3n) is 4.52. The number of hydrogen-bond donors (Lipinski definition) is 0. The highest BCUT2D eigenvalue weighted by atomic mass is 16.5. The van der Waals surface area contributed by atoms with Crippen molar-refractivity contribution < 1.29 is 9.32 Å². The van der Waals surface area contributed by atoms with E-state index in [0.29, 0.717) is 24.0 Å². The Balaban J connectivity index is 1.56. The standard InChI is InChI=1S/C17H17N5O2/c1-10-19-16(21-24-10)13-5-6-14-11(7-13)3-4-12(14)8-15(23)17-20-18-9-22(17)2/h5-7,9,12H,3-4,8H2,1-2H3/t12-/m0/s1. The molecule has 0 saturated carbocycles. The van der Waals surface area contributed by atoms with Gasteiger partial charge in [0.25, 0.3) is 0 Å². The Morgan fingerprint density at radius 3 is 3.00 bits per heavy atom. The number of fused-ring (bicyclic) bond motifs is 1. The van der Waals surface area contributed by atoms with E-state index in [0.717, 1.165) is 18.4 Å². The first-order valence-corrected chi connectivity index (χ1v) is 7.92. The number of carbonyl (C=O) groups excluding carboxylic acids is 1. The van der Waals surface area contributed by atoms with Crippen molar-refractivity contribution in [2.75, 3.05) is 0 Å². The maximum atomic E-state index is 12.4. The predicted octanol–water partition coefficient (Wildman–Crippen LogP) is 2.48. The van der Waals surface area contributed by atoms with E-state index in [1.165, 1.54) is 11.1 Å². The van der Waals surface area contributed by atoms with Crippen LogP contribution in [0.25, 0.3) is 11.4 Å². The highest BCUT2D eigenvalue weighted by molar-refractivity contribution is 5.93. The van der Waals surface area contributed by atoms with Crippen LogP contribution in [0.3, 0.4) is 0 Å². The quantitative estimate of drug-likeness (QED) is 0.686. The SMILES string of the molecule is Cc1nc(-c2ccc3c(c2)CC[C@H]3CC(=O)c2nncn2C)no1. The largest absolute Gasteiger partial charge is 0.339 e. The molecule has 2 heterocycles. The summed E-state index contributed by atoms with van der Waals surface area (Å²) in [5, 5.41) is 11.6. The summed E-state index contributed by atoms with van der Waals surface area (Å²) in [6.07, 6.45) is 3.93. The van der Waals surface area contributed by atoms with Gasteiger partial charge in [-0.05, 0) is 36.0 Å². The second-order valence-corrected chi connectivity index (χ2v) is 6.18. The van der Waals surface area contributed by atoms with Gasteiger partial charge < -0.3 is 9.09 Å². The number of benzene rings is 1. The molecule has 0 N–H and O–H groups in total. The Morgan fingerprint density at radius 1 is 1.42 bits per heavy atom. The van der Waals surface area contributed by atoms with E-state index in [-0.39, 0.29) is 11.7 Å². The van der Waals surface area contributed by atoms with Gasteiger partial charge >= 0.3 is 0 Å². The van der Waals surface area contributed by atoms with Gasteiger partial charge in [0.1, 0.15) is 6.33 Å². The lowest BCUT2D eigenvalue weighted by Crippen LogP contribution is -2.10. The fourth-order valence-electron chi connectivity index (χ4n) is 3.32. The van der Waals surface area contributed by atoms with Crippen molar-refractivity contribution in [1.82, 2.24) is 24.9 Å². The maximum Gasteiger partial charge on any atom is 0.223 e. The van der Waals surface area contributed by atoms with Gasteiger partial charge in [-0.25, -0.2) is 0 Å². The fraction of sp³-hybridized carbons (Fsp3) is 0.353. The van der Waals surface area contributed by atoms with Crippen molar-refractivity contribution in [3.63, 3.8) is 0 Å². The predicted molar refractivity (Wildman–Crippen MR) is 85.5 cm³/mol. The second kappa shape index (κ2) is 5.67. The third kappa shape index (κ3) is 2.51. The molecule has 0 fully saturated rings. The molecule has 0 amide bonds. The first-order chi connectivity index (χ1) is 11.6. The highest BCUT2D eigenvalue weighted by Crippen LogP contribution is 2.37. The van der Waals surface area contributed by atoms with Gasteiger partial charge in [0.2, 0.25) is 17.5 Å². The van der Waals surface area contributed by atoms with E-state index in [9.17, 15) is 4.79 Å². The van der Waals surface area contributed by atoms with Crippen molar-refractivity contribution in [1.29, 1.82) is 0 Å². The number of aryl methyl sites for hydroxylation is 3. The van der Waals surface area contributed by atoms with E-state index < -0.39 is 0 Å². The van der Waals surface area contributed by atoms with E-state index in [4.69, 9.17) is 4.52 Å². The van der Waals surface area contributed by atoms with Crippen LogP contribution in [-0.4, -0.2) is 30.7 Å². The van der Waals surface area contributed by atoms with Gasteiger partial charge in [0.15, 0.2) is 5.82 Å². The van der Waals surface area contributed by atoms with Crippen LogP contribution < -0.4 is 0 Å². The number of aromatic nitrogens is 5. The minimum absolute atomic E-state index is 0.0331. The van der Waals surface area contributed by atoms with Gasteiger partial charge in [-0.3, -0.25) is 4.79 Å². The summed E-state index contributed by atoms with van der Waals surface area (Å²) < 4.78 is 6.71. The average Bonchev–Trinajstić information content (AvgIpc) is 3.27. The summed E-state index contributed by atoms with van der Waals surface area (Å²) in [5.41, 5.74) is 3.44. The Bertz CT molecular complexity index is 911. The van der Waals surface area contributed by atoms with Crippen molar-refractivity contribution in [2.45, 2.75) is 32.1 Å². The molecule has 1 aliphatic carbocycles. The zero-order valence-electron chi connectivity index (χ0n) is 13.6. The summed E-state index contributed by atoms with van der Waals surface area (Å²) in [5.74, 6) is 1.84.